The number of aromatic nitrogens is 2. The van der Waals surface area contributed by atoms with Gasteiger partial charge < -0.3 is 19.2 Å². The van der Waals surface area contributed by atoms with E-state index in [-0.39, 0.29) is 0 Å². The first-order valence-corrected chi connectivity index (χ1v) is 13.2. The zero-order chi connectivity index (χ0) is 24.3. The molecule has 0 fully saturated rings. The molecule has 176 valence electrons. The first-order chi connectivity index (χ1) is 14.1. The molecule has 0 saturated carbocycles. The van der Waals surface area contributed by atoms with Gasteiger partial charge in [-0.15, -0.1) is 0 Å². The second kappa shape index (κ2) is 12.9. The smallest absolute Gasteiger partial charge is 0.329 e. The molecule has 0 radical (unpaired) electrons. The minimum Gasteiger partial charge on any atom is -0.790 e. The van der Waals surface area contributed by atoms with Crippen LogP contribution in [0, 0.1) is 0 Å². The van der Waals surface area contributed by atoms with E-state index in [9.17, 15) is 16.8 Å². The Bertz CT molecular complexity index is 945. The molecule has 0 aromatic carbocycles. The van der Waals surface area contributed by atoms with Crippen LogP contribution in [-0.2, 0) is 24.8 Å². The molecule has 2 aromatic heterocycles. The molecule has 0 bridgehead atoms. The molecule has 2 atom stereocenters. The van der Waals surface area contributed by atoms with Crippen molar-refractivity contribution in [3.8, 4) is 0 Å². The summed E-state index contributed by atoms with van der Waals surface area (Å²) in [5, 5.41) is -1.76. The van der Waals surface area contributed by atoms with Gasteiger partial charge in [0.2, 0.25) is 0 Å². The number of pyridine rings is 2. The van der Waals surface area contributed by atoms with Crippen LogP contribution in [0.15, 0.2) is 61.2 Å². The van der Waals surface area contributed by atoms with E-state index in [0.29, 0.717) is 12.8 Å². The van der Waals surface area contributed by atoms with Gasteiger partial charge in [0.15, 0.2) is 24.8 Å². The van der Waals surface area contributed by atoms with Gasteiger partial charge in [0, 0.05) is 37.1 Å². The van der Waals surface area contributed by atoms with E-state index in [0.717, 1.165) is 0 Å². The average Bonchev–Trinajstić information content (AvgIpc) is 2.61. The van der Waals surface area contributed by atoms with Crippen molar-refractivity contribution in [1.82, 2.24) is 0 Å². The summed E-state index contributed by atoms with van der Waals surface area (Å²) in [5.41, 5.74) is 0. The van der Waals surface area contributed by atoms with Gasteiger partial charge in [-0.25, -0.2) is 0 Å². The van der Waals surface area contributed by atoms with E-state index in [2.05, 4.69) is 0 Å². The largest absolute Gasteiger partial charge is 0.790 e. The predicted molar refractivity (Wildman–Crippen MR) is 105 cm³/mol. The molecule has 2 rings (SSSR count). The third-order valence-corrected chi connectivity index (χ3v) is 6.06. The summed E-state index contributed by atoms with van der Waals surface area (Å²) in [6.07, 6.45) is 7.13. The van der Waals surface area contributed by atoms with Crippen LogP contribution in [0.25, 0.3) is 0 Å². The summed E-state index contributed by atoms with van der Waals surface area (Å²) in [6, 6.07) is 10.4. The summed E-state index contributed by atoms with van der Waals surface area (Å²) in [4.78, 5) is 24.3. The summed E-state index contributed by atoms with van der Waals surface area (Å²) in [5.74, 6) is 0. The Morgan fingerprint density at radius 3 is 1.13 bits per heavy atom. The fourth-order valence-electron chi connectivity index (χ4n) is 2.36. The fourth-order valence-corrected chi connectivity index (χ4v) is 4.10. The van der Waals surface area contributed by atoms with E-state index in [1.165, 1.54) is 9.13 Å². The van der Waals surface area contributed by atoms with Gasteiger partial charge in [0.1, 0.15) is 0 Å². The lowest BCUT2D eigenvalue weighted by Crippen LogP contribution is -2.42. The third-order valence-electron chi connectivity index (χ3n) is 3.53. The van der Waals surface area contributed by atoms with Crippen molar-refractivity contribution in [3.63, 3.8) is 0 Å². The highest BCUT2D eigenvalue weighted by molar-refractivity contribution is 7.85. The Balaban J connectivity index is 0.000000479. The van der Waals surface area contributed by atoms with Crippen LogP contribution in [0.3, 0.4) is 0 Å². The predicted octanol–water partition coefficient (Wildman–Crippen LogP) is -0.652. The van der Waals surface area contributed by atoms with Crippen LogP contribution in [0.2, 0.25) is 0 Å². The molecule has 31 heavy (non-hydrogen) atoms. The summed E-state index contributed by atoms with van der Waals surface area (Å²) in [7, 11) is -13.1. The minimum absolute atomic E-state index is 0.341. The molecule has 0 saturated heterocycles. The number of phosphoric acid groups is 1. The topological polar surface area (TPSA) is 200 Å². The Hall–Kier alpha value is -1.77. The zero-order valence-electron chi connectivity index (χ0n) is 16.7. The van der Waals surface area contributed by atoms with Crippen LogP contribution in [-0.4, -0.2) is 30.8 Å². The van der Waals surface area contributed by atoms with E-state index in [1.807, 2.05) is 0 Å². The maximum atomic E-state index is 10.9. The van der Waals surface area contributed by atoms with Crippen molar-refractivity contribution < 1.29 is 54.3 Å². The third kappa shape index (κ3) is 13.3. The van der Waals surface area contributed by atoms with Crippen LogP contribution in [0.1, 0.15) is 37.4 Å². The van der Waals surface area contributed by atoms with Crippen molar-refractivity contribution in [2.45, 2.75) is 37.4 Å². The summed E-state index contributed by atoms with van der Waals surface area (Å²) >= 11 is 0. The highest BCUT2D eigenvalue weighted by Crippen LogP contribution is 2.11. The number of hydrogen-bond donors (Lipinski definition) is 3. The van der Waals surface area contributed by atoms with Crippen molar-refractivity contribution in [2.75, 3.05) is 0 Å². The Morgan fingerprint density at radius 1 is 0.742 bits per heavy atom. The molecule has 0 aliphatic carbocycles. The molecular formula is C16H25N2O10PS2. The van der Waals surface area contributed by atoms with Crippen LogP contribution in [0.4, 0.5) is 0 Å². The van der Waals surface area contributed by atoms with Crippen LogP contribution >= 0.6 is 7.82 Å². The van der Waals surface area contributed by atoms with Crippen molar-refractivity contribution in [3.05, 3.63) is 61.2 Å². The SMILES string of the molecule is CCC([n+]1ccccc1)S(=O)(=O)O.CCC([n+]1ccccc1)S(=O)(=O)O.O=P([O-])([O-])O. The average molecular weight is 500 g/mol. The summed E-state index contributed by atoms with van der Waals surface area (Å²) in [6.45, 7) is 3.41. The molecule has 2 unspecified atom stereocenters. The maximum absolute atomic E-state index is 10.9. The standard InChI is InChI=1S/2C8H11NO3S.H3O4P/c2*1-2-8(13(10,11)12)9-6-4-3-5-7-9;1-5(2,3)4/h2*3-8H,2H2,1H3;(H3,1,2,3,4). The molecule has 0 aliphatic rings. The molecule has 12 nitrogen and oxygen atoms in total. The van der Waals surface area contributed by atoms with Crippen molar-refractivity contribution >= 4 is 28.1 Å². The molecule has 0 aliphatic heterocycles. The molecule has 0 spiro atoms. The number of hydrogen-bond acceptors (Lipinski definition) is 7. The zero-order valence-corrected chi connectivity index (χ0v) is 19.2. The van der Waals surface area contributed by atoms with Gasteiger partial charge in [-0.05, 0) is 0 Å². The second-order valence-corrected chi connectivity index (χ2v) is 9.96. The van der Waals surface area contributed by atoms with Gasteiger partial charge in [0.05, 0.1) is 7.82 Å². The Kier molecular flexibility index (Phi) is 12.2. The van der Waals surface area contributed by atoms with Crippen LogP contribution in [0.5, 0.6) is 0 Å². The van der Waals surface area contributed by atoms with Gasteiger partial charge in [0.25, 0.3) is 10.7 Å². The Morgan fingerprint density at radius 2 is 0.968 bits per heavy atom. The van der Waals surface area contributed by atoms with Gasteiger partial charge in [-0.1, -0.05) is 26.0 Å². The lowest BCUT2D eigenvalue weighted by Gasteiger charge is -2.19. The molecule has 2 aromatic rings. The van der Waals surface area contributed by atoms with E-state index < -0.39 is 38.8 Å². The van der Waals surface area contributed by atoms with Crippen molar-refractivity contribution in [1.29, 1.82) is 0 Å². The quantitative estimate of drug-likeness (QED) is 0.260. The summed E-state index contributed by atoms with van der Waals surface area (Å²) < 4.78 is 72.9. The Labute approximate surface area is 181 Å². The molecule has 2 heterocycles. The lowest BCUT2D eigenvalue weighted by molar-refractivity contribution is -0.702. The highest BCUT2D eigenvalue weighted by atomic mass is 32.2. The molecular weight excluding hydrogens is 475 g/mol. The second-order valence-electron chi connectivity index (χ2n) is 5.87. The maximum Gasteiger partial charge on any atom is 0.329 e. The first-order valence-electron chi connectivity index (χ1n) is 8.70. The minimum atomic E-state index is -5.14. The first kappa shape index (κ1) is 29.2. The van der Waals surface area contributed by atoms with E-state index in [1.54, 1.807) is 75.0 Å². The van der Waals surface area contributed by atoms with Crippen LogP contribution < -0.4 is 18.9 Å². The highest BCUT2D eigenvalue weighted by Gasteiger charge is 2.30. The molecule has 0 amide bonds. The van der Waals surface area contributed by atoms with Gasteiger partial charge in [-0.3, -0.25) is 9.11 Å². The van der Waals surface area contributed by atoms with E-state index >= 15 is 0 Å². The fraction of sp³-hybridized carbons (Fsp3) is 0.375. The number of rotatable bonds is 6. The van der Waals surface area contributed by atoms with Gasteiger partial charge >= 0.3 is 20.2 Å². The normalized spacial score (nSPS) is 13.6. The van der Waals surface area contributed by atoms with Crippen molar-refractivity contribution in [2.24, 2.45) is 0 Å². The monoisotopic (exact) mass is 500 g/mol. The van der Waals surface area contributed by atoms with Gasteiger partial charge in [-0.2, -0.15) is 26.0 Å². The lowest BCUT2D eigenvalue weighted by atomic mass is 10.4. The number of nitrogens with zero attached hydrogens (tertiary/aromatic N) is 2. The molecule has 15 heteroatoms. The molecule has 3 N–H and O–H groups in total. The van der Waals surface area contributed by atoms with E-state index in [4.69, 9.17) is 28.4 Å².